The third-order valence-corrected chi connectivity index (χ3v) is 5.50. The van der Waals surface area contributed by atoms with Crippen LogP contribution in [0.4, 0.5) is 5.69 Å². The number of amides is 1. The molecule has 154 valence electrons. The van der Waals surface area contributed by atoms with Crippen molar-refractivity contribution in [1.29, 1.82) is 0 Å². The summed E-state index contributed by atoms with van der Waals surface area (Å²) in [6.45, 7) is 0.982. The first-order valence-corrected chi connectivity index (χ1v) is 9.79. The zero-order chi connectivity index (χ0) is 21.4. The number of aromatic nitrogens is 4. The maximum Gasteiger partial charge on any atom is 0.294 e. The van der Waals surface area contributed by atoms with Gasteiger partial charge in [0.2, 0.25) is 0 Å². The molecule has 1 aliphatic heterocycles. The Morgan fingerprint density at radius 3 is 2.84 bits per heavy atom. The van der Waals surface area contributed by atoms with E-state index in [9.17, 15) is 14.9 Å². The van der Waals surface area contributed by atoms with Crippen LogP contribution < -0.4 is 0 Å². The molecule has 4 aromatic rings. The number of hydrogen-bond donors (Lipinski definition) is 1. The monoisotopic (exact) mass is 414 g/mol. The molecule has 1 amide bonds. The van der Waals surface area contributed by atoms with Gasteiger partial charge in [-0.1, -0.05) is 6.08 Å². The minimum atomic E-state index is -0.480. The summed E-state index contributed by atoms with van der Waals surface area (Å²) in [4.78, 5) is 37.2. The minimum Gasteiger partial charge on any atom is -0.346 e. The van der Waals surface area contributed by atoms with Crippen molar-refractivity contribution in [2.75, 3.05) is 13.1 Å². The molecule has 4 heterocycles. The van der Waals surface area contributed by atoms with Gasteiger partial charge in [0.25, 0.3) is 11.6 Å². The molecule has 0 spiro atoms. The highest BCUT2D eigenvalue weighted by Gasteiger charge is 2.24. The van der Waals surface area contributed by atoms with Crippen molar-refractivity contribution in [3.8, 4) is 5.69 Å². The van der Waals surface area contributed by atoms with Crippen LogP contribution >= 0.6 is 0 Å². The number of nitrogens with zero attached hydrogens (tertiary/aromatic N) is 5. The van der Waals surface area contributed by atoms with Crippen LogP contribution in [0.1, 0.15) is 22.3 Å². The Morgan fingerprint density at radius 1 is 1.19 bits per heavy atom. The van der Waals surface area contributed by atoms with Crippen molar-refractivity contribution in [3.05, 3.63) is 88.8 Å². The lowest BCUT2D eigenvalue weighted by atomic mass is 9.97. The molecule has 0 bridgehead atoms. The number of fused-ring (bicyclic) bond motifs is 1. The summed E-state index contributed by atoms with van der Waals surface area (Å²) in [6, 6.07) is 8.52. The van der Waals surface area contributed by atoms with E-state index in [1.54, 1.807) is 40.2 Å². The largest absolute Gasteiger partial charge is 0.346 e. The van der Waals surface area contributed by atoms with Gasteiger partial charge in [0, 0.05) is 54.9 Å². The van der Waals surface area contributed by atoms with Crippen LogP contribution in [0.25, 0.3) is 22.3 Å². The van der Waals surface area contributed by atoms with Crippen molar-refractivity contribution in [2.24, 2.45) is 0 Å². The van der Waals surface area contributed by atoms with Crippen molar-refractivity contribution >= 4 is 28.2 Å². The van der Waals surface area contributed by atoms with Gasteiger partial charge < -0.3 is 14.5 Å². The number of benzene rings is 1. The SMILES string of the molecule is O=C(c1ccc(-n2ccnc2)c([N+](=O)[O-])c1)N1CC=C(c2ccnc3[nH]ccc23)CC1. The molecule has 0 unspecified atom stereocenters. The van der Waals surface area contributed by atoms with Gasteiger partial charge >= 0.3 is 0 Å². The number of H-pyrrole nitrogens is 1. The quantitative estimate of drug-likeness (QED) is 0.405. The maximum atomic E-state index is 13.0. The van der Waals surface area contributed by atoms with Crippen molar-refractivity contribution in [3.63, 3.8) is 0 Å². The van der Waals surface area contributed by atoms with E-state index in [1.807, 2.05) is 24.4 Å². The second-order valence-electron chi connectivity index (χ2n) is 7.26. The number of imidazole rings is 1. The van der Waals surface area contributed by atoms with Crippen molar-refractivity contribution in [2.45, 2.75) is 6.42 Å². The number of carbonyl (C=O) groups is 1. The Morgan fingerprint density at radius 2 is 2.10 bits per heavy atom. The van der Waals surface area contributed by atoms with Crippen LogP contribution in [0.2, 0.25) is 0 Å². The predicted octanol–water partition coefficient (Wildman–Crippen LogP) is 3.59. The highest BCUT2D eigenvalue weighted by molar-refractivity contribution is 5.96. The number of rotatable bonds is 4. The van der Waals surface area contributed by atoms with E-state index in [4.69, 9.17) is 0 Å². The average Bonchev–Trinajstić information content (AvgIpc) is 3.50. The maximum absolute atomic E-state index is 13.0. The number of carbonyl (C=O) groups excluding carboxylic acids is 1. The molecular weight excluding hydrogens is 396 g/mol. The Balaban J connectivity index is 1.40. The molecule has 3 aromatic heterocycles. The molecule has 31 heavy (non-hydrogen) atoms. The molecular formula is C22H18N6O3. The molecule has 1 aliphatic rings. The van der Waals surface area contributed by atoms with E-state index in [-0.39, 0.29) is 11.6 Å². The highest BCUT2D eigenvalue weighted by atomic mass is 16.6. The van der Waals surface area contributed by atoms with Crippen LogP contribution in [0.3, 0.4) is 0 Å². The number of nitro groups is 1. The molecule has 5 rings (SSSR count). The first kappa shape index (κ1) is 18.7. The second kappa shape index (κ2) is 7.52. The van der Waals surface area contributed by atoms with E-state index in [1.165, 1.54) is 12.4 Å². The van der Waals surface area contributed by atoms with Crippen molar-refractivity contribution < 1.29 is 9.72 Å². The number of nitro benzene ring substituents is 1. The fourth-order valence-corrected chi connectivity index (χ4v) is 3.94. The lowest BCUT2D eigenvalue weighted by Gasteiger charge is -2.27. The summed E-state index contributed by atoms with van der Waals surface area (Å²) in [5, 5.41) is 12.6. The minimum absolute atomic E-state index is 0.135. The Labute approximate surface area is 176 Å². The van der Waals surface area contributed by atoms with Gasteiger partial charge in [0.15, 0.2) is 0 Å². The highest BCUT2D eigenvalue weighted by Crippen LogP contribution is 2.29. The molecule has 1 aromatic carbocycles. The summed E-state index contributed by atoms with van der Waals surface area (Å²) in [6.07, 6.45) is 11.0. The Hall–Kier alpha value is -4.27. The van der Waals surface area contributed by atoms with E-state index in [0.717, 1.165) is 22.2 Å². The zero-order valence-corrected chi connectivity index (χ0v) is 16.4. The molecule has 0 fully saturated rings. The molecule has 0 radical (unpaired) electrons. The fourth-order valence-electron chi connectivity index (χ4n) is 3.94. The molecule has 0 atom stereocenters. The van der Waals surface area contributed by atoms with E-state index in [0.29, 0.717) is 30.8 Å². The standard InChI is InChI=1S/C22H18N6O3/c29-22(16-1-2-19(20(13-16)28(30)31)27-12-9-23-14-27)26-10-5-15(6-11-26)17-3-7-24-21-18(17)4-8-25-21/h1-5,7-9,12-14H,6,10-11H2,(H,24,25). The van der Waals surface area contributed by atoms with Crippen LogP contribution in [0, 0.1) is 10.1 Å². The van der Waals surface area contributed by atoms with E-state index >= 15 is 0 Å². The van der Waals surface area contributed by atoms with Gasteiger partial charge in [-0.05, 0) is 41.8 Å². The van der Waals surface area contributed by atoms with Gasteiger partial charge in [-0.2, -0.15) is 0 Å². The summed E-state index contributed by atoms with van der Waals surface area (Å²) in [5.74, 6) is -0.225. The average molecular weight is 414 g/mol. The van der Waals surface area contributed by atoms with Gasteiger partial charge in [-0.3, -0.25) is 14.9 Å². The molecule has 0 saturated heterocycles. The number of aromatic amines is 1. The van der Waals surface area contributed by atoms with Gasteiger partial charge in [0.1, 0.15) is 11.3 Å². The summed E-state index contributed by atoms with van der Waals surface area (Å²) >= 11 is 0. The molecule has 0 aliphatic carbocycles. The van der Waals surface area contributed by atoms with Crippen LogP contribution in [0.5, 0.6) is 0 Å². The normalized spacial score (nSPS) is 13.9. The molecule has 9 nitrogen and oxygen atoms in total. The predicted molar refractivity (Wildman–Crippen MR) is 115 cm³/mol. The van der Waals surface area contributed by atoms with Crippen LogP contribution in [-0.2, 0) is 0 Å². The first-order valence-electron chi connectivity index (χ1n) is 9.79. The smallest absolute Gasteiger partial charge is 0.294 e. The Kier molecular flexibility index (Phi) is 4.55. The third kappa shape index (κ3) is 3.35. The van der Waals surface area contributed by atoms with Crippen LogP contribution in [0.15, 0.2) is 67.5 Å². The van der Waals surface area contributed by atoms with Gasteiger partial charge in [0.05, 0.1) is 11.3 Å². The first-order chi connectivity index (χ1) is 15.1. The molecule has 0 saturated carbocycles. The molecule has 1 N–H and O–H groups in total. The second-order valence-corrected chi connectivity index (χ2v) is 7.26. The Bertz CT molecular complexity index is 1320. The number of nitrogens with one attached hydrogen (secondary N) is 1. The summed E-state index contributed by atoms with van der Waals surface area (Å²) < 4.78 is 1.55. The topological polar surface area (TPSA) is 110 Å². The van der Waals surface area contributed by atoms with Gasteiger partial charge in [-0.25, -0.2) is 9.97 Å². The van der Waals surface area contributed by atoms with Crippen molar-refractivity contribution in [1.82, 2.24) is 24.4 Å². The fraction of sp³-hybridized carbons (Fsp3) is 0.136. The number of hydrogen-bond acceptors (Lipinski definition) is 5. The summed E-state index contributed by atoms with van der Waals surface area (Å²) in [7, 11) is 0. The lowest BCUT2D eigenvalue weighted by Crippen LogP contribution is -2.34. The summed E-state index contributed by atoms with van der Waals surface area (Å²) in [5.41, 5.74) is 3.64. The van der Waals surface area contributed by atoms with Gasteiger partial charge in [-0.15, -0.1) is 0 Å². The molecule has 9 heteroatoms. The number of pyridine rings is 1. The van der Waals surface area contributed by atoms with Crippen LogP contribution in [-0.4, -0.2) is 48.3 Å². The van der Waals surface area contributed by atoms with E-state index < -0.39 is 4.92 Å². The lowest BCUT2D eigenvalue weighted by molar-refractivity contribution is -0.384. The third-order valence-electron chi connectivity index (χ3n) is 5.50. The van der Waals surface area contributed by atoms with E-state index in [2.05, 4.69) is 15.0 Å². The zero-order valence-electron chi connectivity index (χ0n) is 16.4.